The standard InChI is InChI=1S/C14H23NO2/c1-11(2)17-8-7-15(4)14-6-5-12(3)9-13(14)10-16/h5-6,9,11,16H,7-8,10H2,1-4H3. The molecule has 0 unspecified atom stereocenters. The van der Waals surface area contributed by atoms with Gasteiger partial charge in [-0.15, -0.1) is 0 Å². The monoisotopic (exact) mass is 237 g/mol. The molecule has 17 heavy (non-hydrogen) atoms. The van der Waals surface area contributed by atoms with Crippen molar-refractivity contribution >= 4 is 5.69 Å². The summed E-state index contributed by atoms with van der Waals surface area (Å²) in [5.74, 6) is 0. The Morgan fingerprint density at radius 1 is 1.35 bits per heavy atom. The minimum atomic E-state index is 0.0758. The van der Waals surface area contributed by atoms with Crippen LogP contribution in [-0.4, -0.2) is 31.4 Å². The number of hydrogen-bond donors (Lipinski definition) is 1. The number of aryl methyl sites for hydroxylation is 1. The van der Waals surface area contributed by atoms with Crippen LogP contribution >= 0.6 is 0 Å². The maximum absolute atomic E-state index is 9.35. The van der Waals surface area contributed by atoms with E-state index in [1.54, 1.807) is 0 Å². The summed E-state index contributed by atoms with van der Waals surface area (Å²) in [6.45, 7) is 7.70. The normalized spacial score (nSPS) is 10.9. The smallest absolute Gasteiger partial charge is 0.0702 e. The number of rotatable bonds is 6. The SMILES string of the molecule is Cc1ccc(N(C)CCOC(C)C)c(CO)c1. The number of hydrogen-bond acceptors (Lipinski definition) is 3. The fourth-order valence-corrected chi connectivity index (χ4v) is 1.76. The minimum absolute atomic E-state index is 0.0758. The summed E-state index contributed by atoms with van der Waals surface area (Å²) < 4.78 is 5.53. The Labute approximate surface area is 104 Å². The van der Waals surface area contributed by atoms with Crippen LogP contribution in [0.2, 0.25) is 0 Å². The maximum atomic E-state index is 9.35. The molecule has 0 fully saturated rings. The molecule has 1 rings (SSSR count). The van der Waals surface area contributed by atoms with Crippen LogP contribution in [0.1, 0.15) is 25.0 Å². The fraction of sp³-hybridized carbons (Fsp3) is 0.571. The van der Waals surface area contributed by atoms with Crippen molar-refractivity contribution in [2.24, 2.45) is 0 Å². The van der Waals surface area contributed by atoms with Gasteiger partial charge in [-0.2, -0.15) is 0 Å². The maximum Gasteiger partial charge on any atom is 0.0702 e. The lowest BCUT2D eigenvalue weighted by molar-refractivity contribution is 0.0845. The van der Waals surface area contributed by atoms with Crippen molar-refractivity contribution in [1.82, 2.24) is 0 Å². The lowest BCUT2D eigenvalue weighted by atomic mass is 10.1. The number of ether oxygens (including phenoxy) is 1. The average Bonchev–Trinajstić information content (AvgIpc) is 2.28. The molecule has 0 saturated heterocycles. The van der Waals surface area contributed by atoms with Crippen LogP contribution in [0.25, 0.3) is 0 Å². The molecule has 0 atom stereocenters. The van der Waals surface area contributed by atoms with Crippen LogP contribution in [0, 0.1) is 6.92 Å². The molecule has 0 aliphatic heterocycles. The first-order valence-electron chi connectivity index (χ1n) is 6.07. The molecule has 0 aliphatic carbocycles. The Balaban J connectivity index is 2.64. The summed E-state index contributed by atoms with van der Waals surface area (Å²) in [7, 11) is 2.02. The highest BCUT2D eigenvalue weighted by Gasteiger charge is 2.07. The molecule has 1 aromatic carbocycles. The molecule has 0 amide bonds. The molecule has 0 heterocycles. The number of likely N-dealkylation sites (N-methyl/N-ethyl adjacent to an activating group) is 1. The van der Waals surface area contributed by atoms with E-state index in [9.17, 15) is 5.11 Å². The van der Waals surface area contributed by atoms with E-state index in [0.717, 1.165) is 17.8 Å². The van der Waals surface area contributed by atoms with Gasteiger partial charge in [-0.25, -0.2) is 0 Å². The third-order valence-corrected chi connectivity index (χ3v) is 2.69. The van der Waals surface area contributed by atoms with Crippen LogP contribution in [0.4, 0.5) is 5.69 Å². The van der Waals surface area contributed by atoms with Crippen molar-refractivity contribution in [2.45, 2.75) is 33.5 Å². The van der Waals surface area contributed by atoms with Gasteiger partial charge in [-0.05, 0) is 26.8 Å². The van der Waals surface area contributed by atoms with E-state index >= 15 is 0 Å². The number of aliphatic hydroxyl groups is 1. The first-order chi connectivity index (χ1) is 8.04. The van der Waals surface area contributed by atoms with Gasteiger partial charge in [-0.3, -0.25) is 0 Å². The van der Waals surface area contributed by atoms with Gasteiger partial charge in [0.1, 0.15) is 0 Å². The van der Waals surface area contributed by atoms with E-state index in [2.05, 4.69) is 17.0 Å². The summed E-state index contributed by atoms with van der Waals surface area (Å²) in [4.78, 5) is 2.12. The number of benzene rings is 1. The van der Waals surface area contributed by atoms with Crippen molar-refractivity contribution in [3.63, 3.8) is 0 Å². The number of anilines is 1. The van der Waals surface area contributed by atoms with Gasteiger partial charge in [0.2, 0.25) is 0 Å². The zero-order valence-electron chi connectivity index (χ0n) is 11.2. The summed E-state index contributed by atoms with van der Waals surface area (Å²) >= 11 is 0. The van der Waals surface area contributed by atoms with Crippen molar-refractivity contribution in [2.75, 3.05) is 25.1 Å². The molecule has 0 radical (unpaired) electrons. The van der Waals surface area contributed by atoms with Crippen LogP contribution in [0.5, 0.6) is 0 Å². The van der Waals surface area contributed by atoms with Crippen molar-refractivity contribution < 1.29 is 9.84 Å². The number of nitrogens with zero attached hydrogens (tertiary/aromatic N) is 1. The van der Waals surface area contributed by atoms with Crippen molar-refractivity contribution in [3.05, 3.63) is 29.3 Å². The second-order valence-corrected chi connectivity index (χ2v) is 4.63. The molecular formula is C14H23NO2. The van der Waals surface area contributed by atoms with Gasteiger partial charge < -0.3 is 14.7 Å². The molecule has 0 aromatic heterocycles. The van der Waals surface area contributed by atoms with E-state index in [1.807, 2.05) is 33.9 Å². The molecule has 3 nitrogen and oxygen atoms in total. The third-order valence-electron chi connectivity index (χ3n) is 2.69. The highest BCUT2D eigenvalue weighted by Crippen LogP contribution is 2.20. The summed E-state index contributed by atoms with van der Waals surface area (Å²) in [6, 6.07) is 6.14. The zero-order valence-corrected chi connectivity index (χ0v) is 11.2. The van der Waals surface area contributed by atoms with Gasteiger partial charge in [0.05, 0.1) is 19.3 Å². The fourth-order valence-electron chi connectivity index (χ4n) is 1.76. The summed E-state index contributed by atoms with van der Waals surface area (Å²) in [5, 5.41) is 9.35. The minimum Gasteiger partial charge on any atom is -0.392 e. The Morgan fingerprint density at radius 3 is 2.65 bits per heavy atom. The number of aliphatic hydroxyl groups excluding tert-OH is 1. The van der Waals surface area contributed by atoms with E-state index in [-0.39, 0.29) is 12.7 Å². The van der Waals surface area contributed by atoms with E-state index in [0.29, 0.717) is 6.61 Å². The largest absolute Gasteiger partial charge is 0.392 e. The van der Waals surface area contributed by atoms with Crippen molar-refractivity contribution in [3.8, 4) is 0 Å². The van der Waals surface area contributed by atoms with Crippen LogP contribution < -0.4 is 4.90 Å². The first kappa shape index (κ1) is 14.0. The Kier molecular flexibility index (Phi) is 5.45. The second-order valence-electron chi connectivity index (χ2n) is 4.63. The predicted octanol–water partition coefficient (Wildman–Crippen LogP) is 2.35. The average molecular weight is 237 g/mol. The molecular weight excluding hydrogens is 214 g/mol. The first-order valence-corrected chi connectivity index (χ1v) is 6.07. The lowest BCUT2D eigenvalue weighted by Gasteiger charge is -2.22. The molecule has 0 spiro atoms. The lowest BCUT2D eigenvalue weighted by Crippen LogP contribution is -2.24. The molecule has 3 heteroatoms. The van der Waals surface area contributed by atoms with Crippen LogP contribution in [-0.2, 0) is 11.3 Å². The predicted molar refractivity (Wildman–Crippen MR) is 71.5 cm³/mol. The quantitative estimate of drug-likeness (QED) is 0.824. The van der Waals surface area contributed by atoms with Gasteiger partial charge >= 0.3 is 0 Å². The summed E-state index contributed by atoms with van der Waals surface area (Å²) in [5.41, 5.74) is 3.21. The van der Waals surface area contributed by atoms with Crippen LogP contribution in [0.15, 0.2) is 18.2 Å². The second kappa shape index (κ2) is 6.62. The Morgan fingerprint density at radius 2 is 2.06 bits per heavy atom. The zero-order chi connectivity index (χ0) is 12.8. The van der Waals surface area contributed by atoms with Gasteiger partial charge in [0.15, 0.2) is 0 Å². The van der Waals surface area contributed by atoms with Gasteiger partial charge in [0, 0.05) is 24.8 Å². The van der Waals surface area contributed by atoms with Crippen LogP contribution in [0.3, 0.4) is 0 Å². The highest BCUT2D eigenvalue weighted by molar-refractivity contribution is 5.54. The molecule has 1 aromatic rings. The van der Waals surface area contributed by atoms with E-state index in [1.165, 1.54) is 5.56 Å². The van der Waals surface area contributed by atoms with Gasteiger partial charge in [0.25, 0.3) is 0 Å². The third kappa shape index (κ3) is 4.36. The molecule has 0 saturated carbocycles. The van der Waals surface area contributed by atoms with E-state index < -0.39 is 0 Å². The molecule has 1 N–H and O–H groups in total. The topological polar surface area (TPSA) is 32.7 Å². The highest BCUT2D eigenvalue weighted by atomic mass is 16.5. The van der Waals surface area contributed by atoms with Gasteiger partial charge in [-0.1, -0.05) is 17.7 Å². The van der Waals surface area contributed by atoms with E-state index in [4.69, 9.17) is 4.74 Å². The molecule has 96 valence electrons. The molecule has 0 bridgehead atoms. The Hall–Kier alpha value is -1.06. The van der Waals surface area contributed by atoms with Crippen molar-refractivity contribution in [1.29, 1.82) is 0 Å². The summed E-state index contributed by atoms with van der Waals surface area (Å²) in [6.07, 6.45) is 0.263. The Bertz CT molecular complexity index is 350. The molecule has 0 aliphatic rings.